The van der Waals surface area contributed by atoms with E-state index in [0.717, 1.165) is 61.3 Å². The van der Waals surface area contributed by atoms with Gasteiger partial charge in [0.15, 0.2) is 5.78 Å². The van der Waals surface area contributed by atoms with Crippen molar-refractivity contribution in [2.24, 2.45) is 0 Å². The highest BCUT2D eigenvalue weighted by molar-refractivity contribution is 6.00. The van der Waals surface area contributed by atoms with Crippen LogP contribution in [0.2, 0.25) is 0 Å². The second-order valence-corrected chi connectivity index (χ2v) is 11.8. The lowest BCUT2D eigenvalue weighted by Crippen LogP contribution is -2.42. The van der Waals surface area contributed by atoms with Gasteiger partial charge in [-0.05, 0) is 67.3 Å². The lowest BCUT2D eigenvalue weighted by molar-refractivity contribution is -0.115. The number of benzene rings is 4. The minimum Gasteiger partial charge on any atom is -0.508 e. The first-order valence-electron chi connectivity index (χ1n) is 16.4. The number of rotatable bonds is 15. The molecule has 4 aromatic rings. The molecule has 10 nitrogen and oxygen atoms in total. The number of para-hydroxylation sites is 1. The number of phenols is 1. The summed E-state index contributed by atoms with van der Waals surface area (Å²) in [5.74, 6) is -0.0103. The van der Waals surface area contributed by atoms with Crippen molar-refractivity contribution in [2.75, 3.05) is 56.4 Å². The monoisotopic (exact) mass is 649 g/mol. The molecule has 4 aromatic carbocycles. The van der Waals surface area contributed by atoms with Crippen molar-refractivity contribution in [1.82, 2.24) is 15.5 Å². The summed E-state index contributed by atoms with van der Waals surface area (Å²) in [5, 5.41) is 21.5. The predicted molar refractivity (Wildman–Crippen MR) is 188 cm³/mol. The number of hydrogen-bond acceptors (Lipinski definition) is 8. The number of ketones is 1. The molecule has 1 fully saturated rings. The fourth-order valence-corrected chi connectivity index (χ4v) is 5.62. The molecule has 1 saturated heterocycles. The van der Waals surface area contributed by atoms with Crippen molar-refractivity contribution in [3.05, 3.63) is 114 Å². The van der Waals surface area contributed by atoms with Gasteiger partial charge in [-0.25, -0.2) is 4.79 Å². The average Bonchev–Trinajstić information content (AvgIpc) is 3.10. The van der Waals surface area contributed by atoms with Crippen molar-refractivity contribution < 1.29 is 24.2 Å². The van der Waals surface area contributed by atoms with Crippen LogP contribution in [-0.2, 0) is 16.0 Å². The normalized spacial score (nSPS) is 13.5. The van der Waals surface area contributed by atoms with E-state index in [1.165, 1.54) is 0 Å². The number of piperidine rings is 1. The van der Waals surface area contributed by atoms with E-state index >= 15 is 0 Å². The molecule has 10 heteroatoms. The molecule has 0 bridgehead atoms. The smallest absolute Gasteiger partial charge is 0.411 e. The summed E-state index contributed by atoms with van der Waals surface area (Å²) >= 11 is 0. The maximum absolute atomic E-state index is 12.8. The number of anilines is 2. The number of ether oxygens (including phenoxy) is 1. The number of phenolic OH excluding ortho intramolecular Hbond substituents is 1. The third-order valence-corrected chi connectivity index (χ3v) is 8.23. The van der Waals surface area contributed by atoms with E-state index in [4.69, 9.17) is 4.74 Å². The molecular formula is C38H43N5O5. The third-order valence-electron chi connectivity index (χ3n) is 8.23. The van der Waals surface area contributed by atoms with Crippen molar-refractivity contribution in [3.8, 4) is 16.9 Å². The van der Waals surface area contributed by atoms with Gasteiger partial charge >= 0.3 is 6.09 Å². The molecule has 2 amide bonds. The van der Waals surface area contributed by atoms with Gasteiger partial charge in [-0.1, -0.05) is 72.8 Å². The van der Waals surface area contributed by atoms with Crippen LogP contribution in [0, 0.1) is 0 Å². The van der Waals surface area contributed by atoms with Crippen LogP contribution in [0.25, 0.3) is 11.1 Å². The summed E-state index contributed by atoms with van der Waals surface area (Å²) in [6, 6.07) is 31.6. The molecule has 5 rings (SSSR count). The number of nitrogens with one attached hydrogen (secondary N) is 4. The molecule has 250 valence electrons. The van der Waals surface area contributed by atoms with Crippen molar-refractivity contribution in [3.63, 3.8) is 0 Å². The molecule has 0 unspecified atom stereocenters. The van der Waals surface area contributed by atoms with Gasteiger partial charge in [0.2, 0.25) is 5.91 Å². The number of carbonyl (C=O) groups excluding carboxylic acids is 3. The van der Waals surface area contributed by atoms with Gasteiger partial charge in [-0.2, -0.15) is 0 Å². The Hall–Kier alpha value is -5.03. The molecule has 1 heterocycles. The topological polar surface area (TPSA) is 132 Å². The predicted octanol–water partition coefficient (Wildman–Crippen LogP) is 5.32. The van der Waals surface area contributed by atoms with E-state index in [1.807, 2.05) is 66.7 Å². The van der Waals surface area contributed by atoms with Crippen molar-refractivity contribution in [1.29, 1.82) is 0 Å². The van der Waals surface area contributed by atoms with Gasteiger partial charge < -0.3 is 30.7 Å². The Morgan fingerprint density at radius 1 is 0.771 bits per heavy atom. The lowest BCUT2D eigenvalue weighted by atomic mass is 10.0. The molecular weight excluding hydrogens is 606 g/mol. The summed E-state index contributed by atoms with van der Waals surface area (Å²) < 4.78 is 5.74. The van der Waals surface area contributed by atoms with Crippen LogP contribution < -0.4 is 21.3 Å². The van der Waals surface area contributed by atoms with Crippen molar-refractivity contribution in [2.45, 2.75) is 25.4 Å². The highest BCUT2D eigenvalue weighted by atomic mass is 16.6. The molecule has 0 atom stereocenters. The highest BCUT2D eigenvalue weighted by Crippen LogP contribution is 2.28. The number of nitrogens with zero attached hydrogens (tertiary/aromatic N) is 1. The minimum absolute atomic E-state index is 0.0509. The Morgan fingerprint density at radius 2 is 1.50 bits per heavy atom. The first-order chi connectivity index (χ1) is 23.4. The lowest BCUT2D eigenvalue weighted by Gasteiger charge is -2.31. The van der Waals surface area contributed by atoms with E-state index in [-0.39, 0.29) is 36.6 Å². The van der Waals surface area contributed by atoms with Crippen LogP contribution in [-0.4, -0.2) is 79.7 Å². The zero-order valence-corrected chi connectivity index (χ0v) is 27.0. The number of carbonyl (C=O) groups is 3. The summed E-state index contributed by atoms with van der Waals surface area (Å²) in [6.45, 7) is 4.02. The Morgan fingerprint density at radius 3 is 2.29 bits per heavy atom. The van der Waals surface area contributed by atoms with Crippen LogP contribution in [0.4, 0.5) is 16.2 Å². The van der Waals surface area contributed by atoms with Gasteiger partial charge in [-0.3, -0.25) is 14.9 Å². The Labute approximate surface area is 281 Å². The largest absolute Gasteiger partial charge is 0.508 e. The second-order valence-electron chi connectivity index (χ2n) is 11.8. The van der Waals surface area contributed by atoms with Gasteiger partial charge in [0, 0.05) is 43.0 Å². The Balaban J connectivity index is 0.952. The quantitative estimate of drug-likeness (QED) is 0.0865. The van der Waals surface area contributed by atoms with E-state index in [1.54, 1.807) is 36.4 Å². The molecule has 48 heavy (non-hydrogen) atoms. The molecule has 0 spiro atoms. The number of aromatic hydroxyl groups is 1. The number of Topliss-reactive ketones (excluding diaryl/α,β-unsaturated/α-hetero) is 1. The number of hydrogen-bond donors (Lipinski definition) is 5. The fraction of sp³-hybridized carbons (Fsp3) is 0.289. The van der Waals surface area contributed by atoms with Crippen LogP contribution in [0.3, 0.4) is 0 Å². The first kappa shape index (κ1) is 34.3. The SMILES string of the molecule is O=C(CNCCc1ccc(O)cc1)Nc1cccc(C(=O)CNCCN2CCC(OC(=O)Nc3ccccc3-c3ccccc3)CC2)c1. The zero-order chi connectivity index (χ0) is 33.6. The minimum atomic E-state index is -0.445. The van der Waals surface area contributed by atoms with Crippen LogP contribution in [0.15, 0.2) is 103 Å². The van der Waals surface area contributed by atoms with E-state index in [9.17, 15) is 19.5 Å². The van der Waals surface area contributed by atoms with Crippen LogP contribution in [0.5, 0.6) is 5.75 Å². The van der Waals surface area contributed by atoms with E-state index in [0.29, 0.717) is 24.3 Å². The summed E-state index contributed by atoms with van der Waals surface area (Å²) in [4.78, 5) is 40.2. The molecule has 0 radical (unpaired) electrons. The van der Waals surface area contributed by atoms with Crippen LogP contribution >= 0.6 is 0 Å². The maximum Gasteiger partial charge on any atom is 0.411 e. The van der Waals surface area contributed by atoms with Gasteiger partial charge in [0.25, 0.3) is 0 Å². The molecule has 5 N–H and O–H groups in total. The molecule has 0 aromatic heterocycles. The zero-order valence-electron chi connectivity index (χ0n) is 27.0. The fourth-order valence-electron chi connectivity index (χ4n) is 5.62. The second kappa shape index (κ2) is 17.8. The maximum atomic E-state index is 12.8. The Bertz CT molecular complexity index is 1640. The van der Waals surface area contributed by atoms with Gasteiger partial charge in [0.1, 0.15) is 11.9 Å². The molecule has 0 aliphatic carbocycles. The van der Waals surface area contributed by atoms with Gasteiger partial charge in [-0.15, -0.1) is 0 Å². The first-order valence-corrected chi connectivity index (χ1v) is 16.4. The molecule has 0 saturated carbocycles. The summed E-state index contributed by atoms with van der Waals surface area (Å²) in [6.07, 6.45) is 1.65. The average molecular weight is 650 g/mol. The summed E-state index contributed by atoms with van der Waals surface area (Å²) in [7, 11) is 0. The number of amides is 2. The van der Waals surface area contributed by atoms with E-state index < -0.39 is 6.09 Å². The molecule has 1 aliphatic heterocycles. The highest BCUT2D eigenvalue weighted by Gasteiger charge is 2.22. The van der Waals surface area contributed by atoms with E-state index in [2.05, 4.69) is 26.2 Å². The van der Waals surface area contributed by atoms with Crippen molar-refractivity contribution >= 4 is 29.2 Å². The third kappa shape index (κ3) is 10.8. The standard InChI is InChI=1S/C38H43N5O5/c44-32-15-13-28(14-16-32)17-20-39-27-37(46)41-31-10-6-9-30(25-31)36(45)26-40-21-24-43-22-18-33(19-23-43)48-38(47)42-35-12-5-4-11-34(35)29-7-2-1-3-8-29/h1-16,25,33,39-40,44H,17-24,26-27H2,(H,41,46)(H,42,47). The Kier molecular flexibility index (Phi) is 12.7. The number of likely N-dealkylation sites (tertiary alicyclic amines) is 1. The van der Waals surface area contributed by atoms with Crippen LogP contribution in [0.1, 0.15) is 28.8 Å². The molecule has 1 aliphatic rings. The summed E-state index contributed by atoms with van der Waals surface area (Å²) in [5.41, 5.74) is 4.86. The van der Waals surface area contributed by atoms with Gasteiger partial charge in [0.05, 0.1) is 18.8 Å².